The van der Waals surface area contributed by atoms with E-state index >= 15 is 0 Å². The minimum Gasteiger partial charge on any atom is -0.504 e. The molecule has 2 heterocycles. The van der Waals surface area contributed by atoms with E-state index in [2.05, 4.69) is 43.1 Å². The molecule has 0 saturated heterocycles. The lowest BCUT2D eigenvalue weighted by Gasteiger charge is -2.20. The Kier molecular flexibility index (Phi) is 5.44. The second-order valence-corrected chi connectivity index (χ2v) is 8.32. The fourth-order valence-corrected chi connectivity index (χ4v) is 4.02. The number of aromatic nitrogens is 3. The molecule has 0 spiro atoms. The first-order valence-corrected chi connectivity index (χ1v) is 10.6. The molecule has 0 saturated carbocycles. The number of hydrogen-bond acceptors (Lipinski definition) is 8. The van der Waals surface area contributed by atoms with Crippen molar-refractivity contribution in [1.29, 1.82) is 0 Å². The van der Waals surface area contributed by atoms with Gasteiger partial charge in [-0.1, -0.05) is 36.9 Å². The molecule has 28 heavy (non-hydrogen) atoms. The number of aromatic hydroxyl groups is 1. The lowest BCUT2D eigenvalue weighted by Crippen LogP contribution is -2.17. The molecule has 1 aliphatic heterocycles. The summed E-state index contributed by atoms with van der Waals surface area (Å²) in [7, 11) is 1.52. The highest BCUT2D eigenvalue weighted by molar-refractivity contribution is 14.1. The summed E-state index contributed by atoms with van der Waals surface area (Å²) in [5, 5.41) is 22.7. The van der Waals surface area contributed by atoms with Crippen molar-refractivity contribution in [2.24, 2.45) is 0 Å². The molecule has 7 nitrogen and oxygen atoms in total. The molecule has 1 aromatic heterocycles. The molecular formula is C19H17IN4O3S. The monoisotopic (exact) mass is 508 g/mol. The largest absolute Gasteiger partial charge is 0.504 e. The third-order valence-corrected chi connectivity index (χ3v) is 5.72. The quantitative estimate of drug-likeness (QED) is 0.394. The third-order valence-electron chi connectivity index (χ3n) is 4.18. The Labute approximate surface area is 180 Å². The molecule has 0 fully saturated rings. The maximum atomic E-state index is 10.2. The van der Waals surface area contributed by atoms with Crippen LogP contribution in [0.4, 0.5) is 5.69 Å². The van der Waals surface area contributed by atoms with Crippen LogP contribution in [0.5, 0.6) is 17.4 Å². The van der Waals surface area contributed by atoms with Gasteiger partial charge < -0.3 is 19.9 Å². The predicted octanol–water partition coefficient (Wildman–Crippen LogP) is 4.47. The van der Waals surface area contributed by atoms with Gasteiger partial charge in [0.2, 0.25) is 11.0 Å². The number of para-hydroxylation sites is 1. The van der Waals surface area contributed by atoms with Crippen molar-refractivity contribution < 1.29 is 14.6 Å². The number of fused-ring (bicyclic) bond motifs is 3. The molecule has 1 aliphatic rings. The lowest BCUT2D eigenvalue weighted by atomic mass is 10.1. The number of phenols is 1. The van der Waals surface area contributed by atoms with Gasteiger partial charge in [-0.05, 0) is 46.5 Å². The molecule has 2 aromatic carbocycles. The summed E-state index contributed by atoms with van der Waals surface area (Å²) in [5.41, 5.74) is 3.12. The minimum atomic E-state index is -0.540. The Hall–Kier alpha value is -2.27. The molecule has 4 rings (SSSR count). The number of benzene rings is 2. The number of anilines is 1. The topological polar surface area (TPSA) is 89.4 Å². The molecule has 0 radical (unpaired) electrons. The molecular weight excluding hydrogens is 491 g/mol. The first-order valence-electron chi connectivity index (χ1n) is 8.57. The van der Waals surface area contributed by atoms with Gasteiger partial charge in [0.1, 0.15) is 0 Å². The van der Waals surface area contributed by atoms with Gasteiger partial charge >= 0.3 is 0 Å². The average molecular weight is 508 g/mol. The van der Waals surface area contributed by atoms with Crippen molar-refractivity contribution >= 4 is 40.0 Å². The number of ether oxygens (including phenoxy) is 2. The van der Waals surface area contributed by atoms with Crippen LogP contribution in [0.2, 0.25) is 0 Å². The first kappa shape index (κ1) is 19.1. The van der Waals surface area contributed by atoms with Gasteiger partial charge in [-0.15, -0.1) is 10.2 Å². The van der Waals surface area contributed by atoms with E-state index in [1.165, 1.54) is 18.9 Å². The summed E-state index contributed by atoms with van der Waals surface area (Å²) in [6.45, 7) is 2.03. The van der Waals surface area contributed by atoms with Crippen LogP contribution in [-0.4, -0.2) is 33.2 Å². The zero-order valence-electron chi connectivity index (χ0n) is 15.1. The number of hydrogen-bond donors (Lipinski definition) is 2. The minimum absolute atomic E-state index is 0.104. The van der Waals surface area contributed by atoms with Crippen LogP contribution in [0.1, 0.15) is 18.7 Å². The van der Waals surface area contributed by atoms with E-state index in [0.717, 1.165) is 22.6 Å². The van der Waals surface area contributed by atoms with E-state index in [4.69, 9.17) is 9.47 Å². The standard InChI is InChI=1S/C19H17IN4O3S/c1-3-28-19-22-18-15(23-24-19)11-6-4-5-7-13(11)21-17(27-18)10-8-12(20)16(25)14(9-10)26-2/h4-9,17,21,25H,3H2,1-2H3. The Morgan fingerprint density at radius 3 is 2.89 bits per heavy atom. The van der Waals surface area contributed by atoms with Gasteiger partial charge in [-0.2, -0.15) is 4.98 Å². The second kappa shape index (κ2) is 8.00. The average Bonchev–Trinajstić information content (AvgIpc) is 2.86. The Morgan fingerprint density at radius 1 is 1.29 bits per heavy atom. The summed E-state index contributed by atoms with van der Waals surface area (Å²) < 4.78 is 12.2. The summed E-state index contributed by atoms with van der Waals surface area (Å²) in [4.78, 5) is 4.56. The number of nitrogens with zero attached hydrogens (tertiary/aromatic N) is 3. The maximum Gasteiger partial charge on any atom is 0.247 e. The molecule has 9 heteroatoms. The highest BCUT2D eigenvalue weighted by Gasteiger charge is 2.27. The maximum absolute atomic E-state index is 10.2. The van der Waals surface area contributed by atoms with Crippen LogP contribution in [0.25, 0.3) is 11.3 Å². The first-order chi connectivity index (χ1) is 13.6. The predicted molar refractivity (Wildman–Crippen MR) is 116 cm³/mol. The summed E-state index contributed by atoms with van der Waals surface area (Å²) in [5.74, 6) is 1.74. The lowest BCUT2D eigenvalue weighted by molar-refractivity contribution is 0.224. The van der Waals surface area contributed by atoms with Crippen LogP contribution >= 0.6 is 34.4 Å². The van der Waals surface area contributed by atoms with Crippen molar-refractivity contribution in [2.45, 2.75) is 18.3 Å². The molecule has 144 valence electrons. The molecule has 0 aliphatic carbocycles. The van der Waals surface area contributed by atoms with E-state index in [-0.39, 0.29) is 5.75 Å². The van der Waals surface area contributed by atoms with Gasteiger partial charge in [0.15, 0.2) is 23.4 Å². The number of thioether (sulfide) groups is 1. The fraction of sp³-hybridized carbons (Fsp3) is 0.211. The van der Waals surface area contributed by atoms with Crippen molar-refractivity contribution in [3.63, 3.8) is 0 Å². The van der Waals surface area contributed by atoms with Crippen molar-refractivity contribution in [1.82, 2.24) is 15.2 Å². The van der Waals surface area contributed by atoms with Gasteiger partial charge in [-0.3, -0.25) is 0 Å². The van der Waals surface area contributed by atoms with Crippen LogP contribution < -0.4 is 14.8 Å². The highest BCUT2D eigenvalue weighted by atomic mass is 127. The van der Waals surface area contributed by atoms with Gasteiger partial charge in [0.05, 0.1) is 10.7 Å². The Balaban J connectivity index is 1.84. The van der Waals surface area contributed by atoms with Crippen LogP contribution in [0.15, 0.2) is 41.6 Å². The van der Waals surface area contributed by atoms with E-state index in [9.17, 15) is 5.11 Å². The Morgan fingerprint density at radius 2 is 2.11 bits per heavy atom. The Bertz CT molecular complexity index is 1030. The normalized spacial score (nSPS) is 14.9. The van der Waals surface area contributed by atoms with Crippen LogP contribution in [0, 0.1) is 3.57 Å². The van der Waals surface area contributed by atoms with Gasteiger partial charge in [0, 0.05) is 16.8 Å². The third kappa shape index (κ3) is 3.55. The van der Waals surface area contributed by atoms with E-state index < -0.39 is 6.23 Å². The van der Waals surface area contributed by atoms with Gasteiger partial charge in [0.25, 0.3) is 0 Å². The number of rotatable bonds is 4. The van der Waals surface area contributed by atoms with Crippen molar-refractivity contribution in [2.75, 3.05) is 18.2 Å². The number of nitrogens with one attached hydrogen (secondary N) is 1. The molecule has 0 bridgehead atoms. The van der Waals surface area contributed by atoms with Gasteiger partial charge in [-0.25, -0.2) is 0 Å². The summed E-state index contributed by atoms with van der Waals surface area (Å²) >= 11 is 3.57. The fourth-order valence-electron chi connectivity index (χ4n) is 2.89. The van der Waals surface area contributed by atoms with Crippen LogP contribution in [-0.2, 0) is 0 Å². The molecule has 0 amide bonds. The number of phenolic OH excluding ortho intramolecular Hbond substituents is 1. The number of methoxy groups -OCH3 is 1. The molecule has 3 aromatic rings. The van der Waals surface area contributed by atoms with Crippen LogP contribution in [0.3, 0.4) is 0 Å². The highest BCUT2D eigenvalue weighted by Crippen LogP contribution is 2.41. The molecule has 2 N–H and O–H groups in total. The second-order valence-electron chi connectivity index (χ2n) is 5.92. The zero-order chi connectivity index (χ0) is 19.7. The summed E-state index contributed by atoms with van der Waals surface area (Å²) in [6.07, 6.45) is -0.540. The van der Waals surface area contributed by atoms with Crippen molar-refractivity contribution in [3.8, 4) is 28.6 Å². The SMILES string of the molecule is CCSc1nnc2c(n1)OC(c1cc(I)c(O)c(OC)c1)Nc1ccccc1-2. The number of halogens is 1. The van der Waals surface area contributed by atoms with E-state index in [1.807, 2.05) is 37.3 Å². The summed E-state index contributed by atoms with van der Waals surface area (Å²) in [6, 6.07) is 11.4. The van der Waals surface area contributed by atoms with Crippen molar-refractivity contribution in [3.05, 3.63) is 45.5 Å². The zero-order valence-corrected chi connectivity index (χ0v) is 18.1. The smallest absolute Gasteiger partial charge is 0.247 e. The van der Waals surface area contributed by atoms with E-state index in [1.54, 1.807) is 6.07 Å². The molecule has 1 unspecified atom stereocenters. The molecule has 1 atom stereocenters. The van der Waals surface area contributed by atoms with E-state index in [0.29, 0.717) is 26.1 Å².